The Kier molecular flexibility index (Phi) is 9.12. The summed E-state index contributed by atoms with van der Waals surface area (Å²) in [5.41, 5.74) is 1.85. The maximum atomic E-state index is 12.8. The van der Waals surface area contributed by atoms with Crippen molar-refractivity contribution in [2.75, 3.05) is 23.7 Å². The lowest BCUT2D eigenvalue weighted by Crippen LogP contribution is -2.35. The summed E-state index contributed by atoms with van der Waals surface area (Å²) in [4.78, 5) is 14.6. The number of aromatic nitrogens is 2. The first-order valence-electron chi connectivity index (χ1n) is 11.6. The summed E-state index contributed by atoms with van der Waals surface area (Å²) in [7, 11) is 0. The van der Waals surface area contributed by atoms with Crippen LogP contribution in [0.4, 0.5) is 17.3 Å². The lowest BCUT2D eigenvalue weighted by molar-refractivity contribution is 0.0721. The number of piperidine rings is 1. The average molecular weight is 472 g/mol. The van der Waals surface area contributed by atoms with E-state index in [1.165, 1.54) is 6.42 Å². The number of amides is 1. The van der Waals surface area contributed by atoms with Crippen LogP contribution in [0.3, 0.4) is 0 Å². The smallest absolute Gasteiger partial charge is 0.257 e. The molecule has 2 aromatic heterocycles. The Balaban J connectivity index is 0.000000968. The van der Waals surface area contributed by atoms with Crippen LogP contribution in [0.25, 0.3) is 0 Å². The third-order valence-electron chi connectivity index (χ3n) is 5.20. The van der Waals surface area contributed by atoms with Crippen molar-refractivity contribution < 1.29 is 14.3 Å². The van der Waals surface area contributed by atoms with Gasteiger partial charge in [0.25, 0.3) is 5.91 Å². The number of nitrogens with zero attached hydrogens (tertiary/aromatic N) is 3. The summed E-state index contributed by atoms with van der Waals surface area (Å²) >= 11 is 1.06. The lowest BCUT2D eigenvalue weighted by Gasteiger charge is -2.27. The van der Waals surface area contributed by atoms with Gasteiger partial charge in [-0.05, 0) is 49.4 Å². The summed E-state index contributed by atoms with van der Waals surface area (Å²) in [6.07, 6.45) is 7.05. The van der Waals surface area contributed by atoms with Gasteiger partial charge in [0.05, 0.1) is 35.8 Å². The van der Waals surface area contributed by atoms with Gasteiger partial charge in [0.1, 0.15) is 5.76 Å². The number of phenols is 1. The van der Waals surface area contributed by atoms with E-state index < -0.39 is 0 Å². The standard InChI is InChI=1S/C21H25N5O3S.C3H8/c1-2-14-11-15(29-13-14)12-22-19-20(25-30-24-19)23-17-8-6-7-16(18(17)27)21(28)26-9-4-3-5-10-26;1-3-2/h6-8,11,13,27H,2-5,9-10,12H2,1H3,(H,22,24)(H,23,25);3H2,1-2H3. The van der Waals surface area contributed by atoms with Gasteiger partial charge in [-0.15, -0.1) is 0 Å². The van der Waals surface area contributed by atoms with Crippen molar-refractivity contribution in [3.63, 3.8) is 0 Å². The molecule has 1 amide bonds. The fraction of sp³-hybridized carbons (Fsp3) is 0.458. The quantitative estimate of drug-likeness (QED) is 0.374. The van der Waals surface area contributed by atoms with Crippen LogP contribution >= 0.6 is 11.7 Å². The number of hydrogen-bond donors (Lipinski definition) is 3. The molecule has 3 N–H and O–H groups in total. The number of aromatic hydroxyl groups is 1. The highest BCUT2D eigenvalue weighted by molar-refractivity contribution is 6.99. The summed E-state index contributed by atoms with van der Waals surface area (Å²) < 4.78 is 14.1. The number of furan rings is 1. The molecular weight excluding hydrogens is 438 g/mol. The monoisotopic (exact) mass is 471 g/mol. The molecule has 0 bridgehead atoms. The SMILES string of the molecule is CCC.CCc1coc(CNc2nsnc2Nc2cccc(C(=O)N3CCCCC3)c2O)c1. The topological polar surface area (TPSA) is 104 Å². The number of phenolic OH excluding ortho intramolecular Hbond substituents is 1. The molecule has 0 saturated carbocycles. The van der Waals surface area contributed by atoms with Crippen molar-refractivity contribution in [3.05, 3.63) is 47.4 Å². The predicted octanol–water partition coefficient (Wildman–Crippen LogP) is 5.80. The van der Waals surface area contributed by atoms with Crippen molar-refractivity contribution in [2.45, 2.75) is 59.4 Å². The zero-order valence-electron chi connectivity index (χ0n) is 19.6. The first-order valence-corrected chi connectivity index (χ1v) is 12.3. The number of carbonyl (C=O) groups is 1. The third-order valence-corrected chi connectivity index (χ3v) is 5.73. The van der Waals surface area contributed by atoms with Crippen LogP contribution < -0.4 is 10.6 Å². The molecule has 0 spiro atoms. The number of anilines is 3. The molecule has 1 aromatic carbocycles. The lowest BCUT2D eigenvalue weighted by atomic mass is 10.1. The molecule has 0 radical (unpaired) electrons. The van der Waals surface area contributed by atoms with E-state index >= 15 is 0 Å². The molecule has 0 atom stereocenters. The van der Waals surface area contributed by atoms with Crippen molar-refractivity contribution in [2.24, 2.45) is 0 Å². The number of rotatable bonds is 7. The van der Waals surface area contributed by atoms with Crippen molar-refractivity contribution in [1.29, 1.82) is 0 Å². The minimum atomic E-state index is -0.143. The van der Waals surface area contributed by atoms with Crippen LogP contribution in [0.5, 0.6) is 5.75 Å². The average Bonchev–Trinajstić information content (AvgIpc) is 3.49. The number of carbonyl (C=O) groups excluding carboxylic acids is 1. The van der Waals surface area contributed by atoms with Crippen molar-refractivity contribution >= 4 is 35.0 Å². The zero-order chi connectivity index (χ0) is 23.6. The van der Waals surface area contributed by atoms with Gasteiger partial charge in [-0.1, -0.05) is 33.3 Å². The van der Waals surface area contributed by atoms with Gasteiger partial charge in [-0.25, -0.2) is 0 Å². The molecule has 178 valence electrons. The van der Waals surface area contributed by atoms with E-state index in [0.29, 0.717) is 29.4 Å². The van der Waals surface area contributed by atoms with E-state index in [4.69, 9.17) is 4.42 Å². The number of hydrogen-bond acceptors (Lipinski definition) is 8. The minimum Gasteiger partial charge on any atom is -0.505 e. The number of para-hydroxylation sites is 1. The molecule has 1 aliphatic rings. The van der Waals surface area contributed by atoms with Gasteiger partial charge in [-0.2, -0.15) is 8.75 Å². The number of benzene rings is 1. The first-order chi connectivity index (χ1) is 16.1. The van der Waals surface area contributed by atoms with Gasteiger partial charge in [0.2, 0.25) is 0 Å². The van der Waals surface area contributed by atoms with E-state index in [0.717, 1.165) is 61.8 Å². The normalized spacial score (nSPS) is 13.2. The molecule has 33 heavy (non-hydrogen) atoms. The minimum absolute atomic E-state index is 0.0781. The number of nitrogens with one attached hydrogen (secondary N) is 2. The summed E-state index contributed by atoms with van der Waals surface area (Å²) in [6, 6.07) is 7.12. The Labute approximate surface area is 199 Å². The van der Waals surface area contributed by atoms with Gasteiger partial charge in [0, 0.05) is 13.1 Å². The molecule has 1 fully saturated rings. The molecule has 3 heterocycles. The molecule has 1 aliphatic heterocycles. The van der Waals surface area contributed by atoms with Crippen LogP contribution in [0.15, 0.2) is 34.9 Å². The second-order valence-electron chi connectivity index (χ2n) is 7.98. The second-order valence-corrected chi connectivity index (χ2v) is 8.50. The highest BCUT2D eigenvalue weighted by Gasteiger charge is 2.22. The molecule has 3 aromatic rings. The zero-order valence-corrected chi connectivity index (χ0v) is 20.4. The molecule has 8 nitrogen and oxygen atoms in total. The number of likely N-dealkylation sites (tertiary alicyclic amines) is 1. The summed E-state index contributed by atoms with van der Waals surface area (Å²) in [5, 5.41) is 17.0. The molecule has 0 unspecified atom stereocenters. The Morgan fingerprint density at radius 1 is 1.15 bits per heavy atom. The van der Waals surface area contributed by atoms with Gasteiger partial charge in [0.15, 0.2) is 17.4 Å². The fourth-order valence-electron chi connectivity index (χ4n) is 3.47. The van der Waals surface area contributed by atoms with Crippen LogP contribution in [-0.2, 0) is 13.0 Å². The Morgan fingerprint density at radius 3 is 2.58 bits per heavy atom. The van der Waals surface area contributed by atoms with Crippen LogP contribution in [0.1, 0.15) is 68.1 Å². The first kappa shape index (κ1) is 24.6. The van der Waals surface area contributed by atoms with Crippen LogP contribution in [-0.4, -0.2) is 37.8 Å². The highest BCUT2D eigenvalue weighted by atomic mass is 32.1. The van der Waals surface area contributed by atoms with E-state index in [2.05, 4.69) is 40.2 Å². The second kappa shape index (κ2) is 12.2. The highest BCUT2D eigenvalue weighted by Crippen LogP contribution is 2.33. The molecular formula is C24H33N5O3S. The predicted molar refractivity (Wildman–Crippen MR) is 132 cm³/mol. The Morgan fingerprint density at radius 2 is 1.88 bits per heavy atom. The Bertz CT molecular complexity index is 1030. The van der Waals surface area contributed by atoms with Gasteiger partial charge < -0.3 is 25.1 Å². The molecule has 0 aliphatic carbocycles. The van der Waals surface area contributed by atoms with Gasteiger partial charge in [-0.3, -0.25) is 4.79 Å². The van der Waals surface area contributed by atoms with E-state index in [-0.39, 0.29) is 11.7 Å². The van der Waals surface area contributed by atoms with Crippen LogP contribution in [0.2, 0.25) is 0 Å². The van der Waals surface area contributed by atoms with Gasteiger partial charge >= 0.3 is 0 Å². The largest absolute Gasteiger partial charge is 0.505 e. The maximum absolute atomic E-state index is 12.8. The van der Waals surface area contributed by atoms with E-state index in [9.17, 15) is 9.90 Å². The van der Waals surface area contributed by atoms with E-state index in [1.807, 2.05) is 6.07 Å². The third kappa shape index (κ3) is 6.47. The van der Waals surface area contributed by atoms with Crippen LogP contribution in [0, 0.1) is 0 Å². The van der Waals surface area contributed by atoms with Crippen molar-refractivity contribution in [1.82, 2.24) is 13.6 Å². The molecule has 4 rings (SSSR count). The Hall–Kier alpha value is -3.07. The maximum Gasteiger partial charge on any atom is 0.257 e. The van der Waals surface area contributed by atoms with Crippen molar-refractivity contribution in [3.8, 4) is 5.75 Å². The molecule has 9 heteroatoms. The summed E-state index contributed by atoms with van der Waals surface area (Å²) in [5.74, 6) is 1.63. The number of aryl methyl sites for hydroxylation is 1. The fourth-order valence-corrected chi connectivity index (χ4v) is 3.96. The van der Waals surface area contributed by atoms with E-state index in [1.54, 1.807) is 29.4 Å². The summed E-state index contributed by atoms with van der Waals surface area (Å²) in [6.45, 7) is 8.25. The molecule has 1 saturated heterocycles.